The Balaban J connectivity index is 1.37. The minimum atomic E-state index is 0.543. The zero-order valence-electron chi connectivity index (χ0n) is 16.2. The molecule has 3 heterocycles. The predicted octanol–water partition coefficient (Wildman–Crippen LogP) is 3.67. The van der Waals surface area contributed by atoms with Crippen molar-refractivity contribution in [3.63, 3.8) is 0 Å². The first-order chi connectivity index (χ1) is 13.8. The third kappa shape index (κ3) is 3.23. The van der Waals surface area contributed by atoms with Crippen LogP contribution in [0.2, 0.25) is 0 Å². The van der Waals surface area contributed by atoms with Crippen LogP contribution in [0, 0.1) is 0 Å². The van der Waals surface area contributed by atoms with Gasteiger partial charge in [-0.05, 0) is 56.0 Å². The fraction of sp³-hybridized carbons (Fsp3) is 0.409. The first-order valence-corrected chi connectivity index (χ1v) is 10.1. The van der Waals surface area contributed by atoms with Crippen LogP contribution < -0.4 is 14.5 Å². The molecule has 1 saturated heterocycles. The highest BCUT2D eigenvalue weighted by Crippen LogP contribution is 2.36. The standard InChI is InChI=1S/C22H25N5O/c1-28-18-4-5-20-19(14-18)21(6-11-24-20)26-12-8-17(9-13-26)27(16-2-3-16)22-7-10-23-15-25-22/h4-7,10-11,14-17H,2-3,8-9,12-13H2,1H3. The van der Waals surface area contributed by atoms with E-state index < -0.39 is 0 Å². The Labute approximate surface area is 165 Å². The number of aromatic nitrogens is 3. The molecular formula is C22H25N5O. The normalized spacial score (nSPS) is 17.7. The first-order valence-electron chi connectivity index (χ1n) is 10.1. The fourth-order valence-corrected chi connectivity index (χ4v) is 4.36. The Kier molecular flexibility index (Phi) is 4.47. The summed E-state index contributed by atoms with van der Waals surface area (Å²) >= 11 is 0. The number of hydrogen-bond acceptors (Lipinski definition) is 6. The van der Waals surface area contributed by atoms with Gasteiger partial charge < -0.3 is 14.5 Å². The number of piperidine rings is 1. The number of methoxy groups -OCH3 is 1. The largest absolute Gasteiger partial charge is 0.497 e. The number of ether oxygens (including phenoxy) is 1. The Morgan fingerprint density at radius 2 is 1.79 bits per heavy atom. The predicted molar refractivity (Wildman–Crippen MR) is 111 cm³/mol. The van der Waals surface area contributed by atoms with Crippen LogP contribution in [0.1, 0.15) is 25.7 Å². The molecule has 0 atom stereocenters. The maximum absolute atomic E-state index is 5.43. The van der Waals surface area contributed by atoms with E-state index in [1.807, 2.05) is 30.6 Å². The van der Waals surface area contributed by atoms with Crippen molar-refractivity contribution in [3.05, 3.63) is 49.1 Å². The van der Waals surface area contributed by atoms with Gasteiger partial charge in [-0.2, -0.15) is 0 Å². The number of anilines is 2. The molecule has 1 saturated carbocycles. The van der Waals surface area contributed by atoms with E-state index >= 15 is 0 Å². The molecule has 0 bridgehead atoms. The molecule has 5 rings (SSSR count). The van der Waals surface area contributed by atoms with Crippen molar-refractivity contribution in [2.75, 3.05) is 30.0 Å². The van der Waals surface area contributed by atoms with Gasteiger partial charge in [0.25, 0.3) is 0 Å². The second-order valence-corrected chi connectivity index (χ2v) is 7.64. The number of benzene rings is 1. The molecular weight excluding hydrogens is 350 g/mol. The Morgan fingerprint density at radius 3 is 2.50 bits per heavy atom. The second kappa shape index (κ2) is 7.26. The summed E-state index contributed by atoms with van der Waals surface area (Å²) in [5.41, 5.74) is 2.27. The minimum absolute atomic E-state index is 0.543. The molecule has 1 aliphatic heterocycles. The van der Waals surface area contributed by atoms with Gasteiger partial charge in [-0.1, -0.05) is 0 Å². The van der Waals surface area contributed by atoms with Crippen molar-refractivity contribution in [1.29, 1.82) is 0 Å². The average Bonchev–Trinajstić information content (AvgIpc) is 3.59. The second-order valence-electron chi connectivity index (χ2n) is 7.64. The van der Waals surface area contributed by atoms with Gasteiger partial charge in [0.1, 0.15) is 17.9 Å². The van der Waals surface area contributed by atoms with Crippen molar-refractivity contribution in [1.82, 2.24) is 15.0 Å². The van der Waals surface area contributed by atoms with E-state index in [2.05, 4.69) is 36.9 Å². The number of rotatable bonds is 5. The molecule has 1 aromatic carbocycles. The molecule has 6 nitrogen and oxygen atoms in total. The van der Waals surface area contributed by atoms with Crippen molar-refractivity contribution in [2.45, 2.75) is 37.8 Å². The van der Waals surface area contributed by atoms with Gasteiger partial charge in [-0.15, -0.1) is 0 Å². The van der Waals surface area contributed by atoms with Gasteiger partial charge in [0.05, 0.1) is 12.6 Å². The van der Waals surface area contributed by atoms with Crippen molar-refractivity contribution in [3.8, 4) is 5.75 Å². The smallest absolute Gasteiger partial charge is 0.132 e. The van der Waals surface area contributed by atoms with Crippen LogP contribution in [0.5, 0.6) is 5.75 Å². The van der Waals surface area contributed by atoms with Crippen LogP contribution in [0.3, 0.4) is 0 Å². The summed E-state index contributed by atoms with van der Waals surface area (Å²) in [7, 11) is 1.71. The molecule has 0 amide bonds. The molecule has 2 aromatic heterocycles. The molecule has 3 aromatic rings. The van der Waals surface area contributed by atoms with E-state index in [-0.39, 0.29) is 0 Å². The van der Waals surface area contributed by atoms with Gasteiger partial charge in [-0.25, -0.2) is 9.97 Å². The lowest BCUT2D eigenvalue weighted by Crippen LogP contribution is -2.46. The molecule has 6 heteroatoms. The highest BCUT2D eigenvalue weighted by atomic mass is 16.5. The monoisotopic (exact) mass is 375 g/mol. The van der Waals surface area contributed by atoms with E-state index in [1.165, 1.54) is 18.5 Å². The van der Waals surface area contributed by atoms with Gasteiger partial charge >= 0.3 is 0 Å². The molecule has 0 spiro atoms. The summed E-state index contributed by atoms with van der Waals surface area (Å²) < 4.78 is 5.43. The summed E-state index contributed by atoms with van der Waals surface area (Å²) in [6.07, 6.45) is 10.2. The highest BCUT2D eigenvalue weighted by molar-refractivity contribution is 5.92. The Hall–Kier alpha value is -2.89. The maximum atomic E-state index is 5.43. The van der Waals surface area contributed by atoms with E-state index in [0.717, 1.165) is 48.4 Å². The fourth-order valence-electron chi connectivity index (χ4n) is 4.36. The lowest BCUT2D eigenvalue weighted by Gasteiger charge is -2.40. The molecule has 144 valence electrons. The van der Waals surface area contributed by atoms with Crippen LogP contribution in [0.25, 0.3) is 10.9 Å². The molecule has 2 aliphatic rings. The third-order valence-corrected chi connectivity index (χ3v) is 5.90. The van der Waals surface area contributed by atoms with Crippen LogP contribution in [0.4, 0.5) is 11.5 Å². The number of nitrogens with zero attached hydrogens (tertiary/aromatic N) is 5. The van der Waals surface area contributed by atoms with Crippen molar-refractivity contribution >= 4 is 22.4 Å². The third-order valence-electron chi connectivity index (χ3n) is 5.90. The molecule has 2 fully saturated rings. The highest BCUT2D eigenvalue weighted by Gasteiger charge is 2.36. The summed E-state index contributed by atoms with van der Waals surface area (Å²) in [5, 5.41) is 1.16. The molecule has 1 aliphatic carbocycles. The minimum Gasteiger partial charge on any atom is -0.497 e. The maximum Gasteiger partial charge on any atom is 0.132 e. The first kappa shape index (κ1) is 17.2. The lowest BCUT2D eigenvalue weighted by atomic mass is 10.0. The molecule has 0 N–H and O–H groups in total. The van der Waals surface area contributed by atoms with Crippen LogP contribution >= 0.6 is 0 Å². The Morgan fingerprint density at radius 1 is 0.964 bits per heavy atom. The Bertz CT molecular complexity index is 952. The van der Waals surface area contributed by atoms with Gasteiger partial charge in [0, 0.05) is 48.6 Å². The van der Waals surface area contributed by atoms with E-state index in [1.54, 1.807) is 13.4 Å². The summed E-state index contributed by atoms with van der Waals surface area (Å²) in [4.78, 5) is 18.2. The van der Waals surface area contributed by atoms with Crippen LogP contribution in [0.15, 0.2) is 49.1 Å². The molecule has 0 unspecified atom stereocenters. The summed E-state index contributed by atoms with van der Waals surface area (Å²) in [5.74, 6) is 1.95. The van der Waals surface area contributed by atoms with Crippen molar-refractivity contribution < 1.29 is 4.74 Å². The van der Waals surface area contributed by atoms with E-state index in [4.69, 9.17) is 4.74 Å². The van der Waals surface area contributed by atoms with E-state index in [0.29, 0.717) is 12.1 Å². The summed E-state index contributed by atoms with van der Waals surface area (Å²) in [6, 6.07) is 11.5. The van der Waals surface area contributed by atoms with Crippen LogP contribution in [-0.2, 0) is 0 Å². The lowest BCUT2D eigenvalue weighted by molar-refractivity contribution is 0.415. The molecule has 28 heavy (non-hydrogen) atoms. The number of hydrogen-bond donors (Lipinski definition) is 0. The topological polar surface area (TPSA) is 54.4 Å². The molecule has 0 radical (unpaired) electrons. The average molecular weight is 375 g/mol. The quantitative estimate of drug-likeness (QED) is 0.678. The van der Waals surface area contributed by atoms with Crippen LogP contribution in [-0.4, -0.2) is 47.2 Å². The zero-order chi connectivity index (χ0) is 18.9. The van der Waals surface area contributed by atoms with Crippen molar-refractivity contribution in [2.24, 2.45) is 0 Å². The van der Waals surface area contributed by atoms with Gasteiger partial charge in [0.15, 0.2) is 0 Å². The summed E-state index contributed by atoms with van der Waals surface area (Å²) in [6.45, 7) is 2.07. The number of pyridine rings is 1. The number of fused-ring (bicyclic) bond motifs is 1. The van der Waals surface area contributed by atoms with Gasteiger partial charge in [0.2, 0.25) is 0 Å². The zero-order valence-corrected chi connectivity index (χ0v) is 16.2. The van der Waals surface area contributed by atoms with E-state index in [9.17, 15) is 0 Å². The SMILES string of the molecule is COc1ccc2nccc(N3CCC(N(c4ccncn4)C4CC4)CC3)c2c1. The van der Waals surface area contributed by atoms with Gasteiger partial charge in [-0.3, -0.25) is 4.98 Å².